The Balaban J connectivity index is 1.87. The maximum atomic E-state index is 3.77. The van der Waals surface area contributed by atoms with Gasteiger partial charge in [-0.25, -0.2) is 0 Å². The fourth-order valence-corrected chi connectivity index (χ4v) is 2.63. The summed E-state index contributed by atoms with van der Waals surface area (Å²) in [6.45, 7) is 5.94. The lowest BCUT2D eigenvalue weighted by Crippen LogP contribution is -1.85. The molecule has 0 aliphatic heterocycles. The molecule has 0 saturated carbocycles. The van der Waals surface area contributed by atoms with Gasteiger partial charge in [-0.2, -0.15) is 0 Å². The first-order chi connectivity index (χ1) is 12.3. The summed E-state index contributed by atoms with van der Waals surface area (Å²) in [5.41, 5.74) is 4.87. The van der Waals surface area contributed by atoms with E-state index < -0.39 is 0 Å². The Hall–Kier alpha value is -2.52. The van der Waals surface area contributed by atoms with Crippen molar-refractivity contribution in [2.75, 3.05) is 0 Å². The van der Waals surface area contributed by atoms with E-state index in [0.29, 0.717) is 0 Å². The molecule has 0 atom stereocenters. The molecule has 0 spiro atoms. The number of hydrogen-bond donors (Lipinski definition) is 0. The maximum Gasteiger partial charge on any atom is 0.0249 e. The minimum atomic E-state index is 1.02. The molecule has 0 heterocycles. The average molecular weight is 328 g/mol. The van der Waals surface area contributed by atoms with Gasteiger partial charge in [0.1, 0.15) is 0 Å². The van der Waals surface area contributed by atoms with Crippen molar-refractivity contribution in [3.63, 3.8) is 0 Å². The highest BCUT2D eigenvalue weighted by Gasteiger charge is 1.94. The van der Waals surface area contributed by atoms with Crippen LogP contribution >= 0.6 is 0 Å². The van der Waals surface area contributed by atoms with Gasteiger partial charge in [0.15, 0.2) is 0 Å². The Morgan fingerprint density at radius 3 is 1.84 bits per heavy atom. The minimum Gasteiger partial charge on any atom is -0.103 e. The van der Waals surface area contributed by atoms with Crippen LogP contribution in [0.5, 0.6) is 0 Å². The molecule has 0 aliphatic carbocycles. The number of hydrogen-bond acceptors (Lipinski definition) is 0. The second-order valence-electron chi connectivity index (χ2n) is 6.24. The summed E-state index contributed by atoms with van der Waals surface area (Å²) < 4.78 is 0. The summed E-state index contributed by atoms with van der Waals surface area (Å²) in [5.74, 6) is 6.51. The van der Waals surface area contributed by atoms with Gasteiger partial charge in [0.25, 0.3) is 0 Å². The summed E-state index contributed by atoms with van der Waals surface area (Å²) in [6, 6.07) is 17.2. The highest BCUT2D eigenvalue weighted by atomic mass is 14.0. The molecule has 0 bridgehead atoms. The van der Waals surface area contributed by atoms with Crippen LogP contribution in [0.2, 0.25) is 0 Å². The van der Waals surface area contributed by atoms with Crippen LogP contribution in [-0.4, -0.2) is 0 Å². The van der Waals surface area contributed by atoms with Crippen LogP contribution in [0, 0.1) is 11.8 Å². The van der Waals surface area contributed by atoms with E-state index in [9.17, 15) is 0 Å². The molecule has 25 heavy (non-hydrogen) atoms. The number of rotatable bonds is 8. The second kappa shape index (κ2) is 11.1. The lowest BCUT2D eigenvalue weighted by molar-refractivity contribution is 0.840. The average Bonchev–Trinajstić information content (AvgIpc) is 2.66. The topological polar surface area (TPSA) is 0 Å². The molecule has 0 radical (unpaired) electrons. The molecular weight excluding hydrogens is 300 g/mol. The summed E-state index contributed by atoms with van der Waals surface area (Å²) in [4.78, 5) is 0. The SMILES string of the molecule is C=CCCc1ccc(C#Cc2ccc(CCCC=CCC)cc2)cc1. The van der Waals surface area contributed by atoms with E-state index >= 15 is 0 Å². The number of allylic oxidation sites excluding steroid dienone is 3. The van der Waals surface area contributed by atoms with Crippen LogP contribution in [0.25, 0.3) is 0 Å². The van der Waals surface area contributed by atoms with Crippen molar-refractivity contribution in [3.8, 4) is 11.8 Å². The third kappa shape index (κ3) is 7.27. The predicted octanol–water partition coefficient (Wildman–Crippen LogP) is 6.49. The first-order valence-electron chi connectivity index (χ1n) is 9.27. The molecule has 0 heteroatoms. The standard InChI is InChI=1S/C25H28/c1-3-5-7-8-9-11-23-14-18-25(19-15-23)21-20-24-16-12-22(13-17-24)10-6-4-2/h4-5,7,12-19H,2-3,6,8-11H2,1H3. The molecular formula is C25H28. The van der Waals surface area contributed by atoms with Gasteiger partial charge in [-0.3, -0.25) is 0 Å². The molecule has 0 aliphatic rings. The van der Waals surface area contributed by atoms with Gasteiger partial charge in [-0.1, -0.05) is 61.3 Å². The van der Waals surface area contributed by atoms with E-state index in [4.69, 9.17) is 0 Å². The molecule has 0 unspecified atom stereocenters. The van der Waals surface area contributed by atoms with E-state index in [-0.39, 0.29) is 0 Å². The van der Waals surface area contributed by atoms with Crippen LogP contribution in [0.3, 0.4) is 0 Å². The summed E-state index contributed by atoms with van der Waals surface area (Å²) >= 11 is 0. The van der Waals surface area contributed by atoms with Crippen LogP contribution in [0.15, 0.2) is 73.3 Å². The highest BCUT2D eigenvalue weighted by Crippen LogP contribution is 2.09. The fraction of sp³-hybridized carbons (Fsp3) is 0.280. The van der Waals surface area contributed by atoms with Crippen molar-refractivity contribution in [2.24, 2.45) is 0 Å². The third-order valence-corrected chi connectivity index (χ3v) is 4.13. The Labute approximate surface area is 153 Å². The quantitative estimate of drug-likeness (QED) is 0.295. The predicted molar refractivity (Wildman–Crippen MR) is 110 cm³/mol. The third-order valence-electron chi connectivity index (χ3n) is 4.13. The maximum absolute atomic E-state index is 3.77. The zero-order chi connectivity index (χ0) is 17.7. The molecule has 0 nitrogen and oxygen atoms in total. The zero-order valence-electron chi connectivity index (χ0n) is 15.3. The molecule has 2 aromatic carbocycles. The first kappa shape index (κ1) is 18.8. The summed E-state index contributed by atoms with van der Waals surface area (Å²) in [6.07, 6.45) is 13.2. The number of unbranched alkanes of at least 4 members (excludes halogenated alkanes) is 1. The summed E-state index contributed by atoms with van der Waals surface area (Å²) in [7, 11) is 0. The molecule has 0 amide bonds. The lowest BCUT2D eigenvalue weighted by Gasteiger charge is -2.00. The van der Waals surface area contributed by atoms with E-state index in [2.05, 4.69) is 86.0 Å². The molecule has 2 aromatic rings. The molecule has 2 rings (SSSR count). The van der Waals surface area contributed by atoms with E-state index in [1.54, 1.807) is 0 Å². The molecule has 0 aromatic heterocycles. The number of benzene rings is 2. The highest BCUT2D eigenvalue weighted by molar-refractivity contribution is 5.44. The van der Waals surface area contributed by atoms with Crippen molar-refractivity contribution >= 4 is 0 Å². The van der Waals surface area contributed by atoms with Crippen LogP contribution < -0.4 is 0 Å². The molecule has 0 saturated heterocycles. The zero-order valence-corrected chi connectivity index (χ0v) is 15.3. The lowest BCUT2D eigenvalue weighted by atomic mass is 10.1. The number of aryl methyl sites for hydroxylation is 2. The minimum absolute atomic E-state index is 1.02. The van der Waals surface area contributed by atoms with Crippen molar-refractivity contribution in [1.82, 2.24) is 0 Å². The first-order valence-corrected chi connectivity index (χ1v) is 9.27. The van der Waals surface area contributed by atoms with Crippen LogP contribution in [-0.2, 0) is 12.8 Å². The van der Waals surface area contributed by atoms with Gasteiger partial charge < -0.3 is 0 Å². The van der Waals surface area contributed by atoms with Gasteiger partial charge >= 0.3 is 0 Å². The second-order valence-corrected chi connectivity index (χ2v) is 6.24. The largest absolute Gasteiger partial charge is 0.103 e. The summed E-state index contributed by atoms with van der Waals surface area (Å²) in [5, 5.41) is 0. The van der Waals surface area contributed by atoms with Gasteiger partial charge in [0, 0.05) is 11.1 Å². The Morgan fingerprint density at radius 1 is 0.760 bits per heavy atom. The van der Waals surface area contributed by atoms with Gasteiger partial charge in [-0.05, 0) is 73.9 Å². The van der Waals surface area contributed by atoms with Crippen molar-refractivity contribution < 1.29 is 0 Å². The Kier molecular flexibility index (Phi) is 8.36. The normalized spacial score (nSPS) is 10.4. The molecule has 128 valence electrons. The van der Waals surface area contributed by atoms with Crippen LogP contribution in [0.1, 0.15) is 54.9 Å². The smallest absolute Gasteiger partial charge is 0.0249 e. The van der Waals surface area contributed by atoms with Gasteiger partial charge in [-0.15, -0.1) is 6.58 Å². The van der Waals surface area contributed by atoms with Gasteiger partial charge in [0.2, 0.25) is 0 Å². The fourth-order valence-electron chi connectivity index (χ4n) is 2.63. The van der Waals surface area contributed by atoms with E-state index in [0.717, 1.165) is 43.2 Å². The van der Waals surface area contributed by atoms with Crippen molar-refractivity contribution in [1.29, 1.82) is 0 Å². The Morgan fingerprint density at radius 2 is 1.32 bits per heavy atom. The van der Waals surface area contributed by atoms with E-state index in [1.807, 2.05) is 6.08 Å². The van der Waals surface area contributed by atoms with E-state index in [1.165, 1.54) is 17.5 Å². The molecule has 0 fully saturated rings. The monoisotopic (exact) mass is 328 g/mol. The van der Waals surface area contributed by atoms with Crippen molar-refractivity contribution in [3.05, 3.63) is 95.6 Å². The molecule has 0 N–H and O–H groups in total. The van der Waals surface area contributed by atoms with Crippen molar-refractivity contribution in [2.45, 2.75) is 45.4 Å². The van der Waals surface area contributed by atoms with Crippen LogP contribution in [0.4, 0.5) is 0 Å². The Bertz CT molecular complexity index is 718. The van der Waals surface area contributed by atoms with Gasteiger partial charge in [0.05, 0.1) is 0 Å².